The number of carbonyl (C=O) groups excluding carboxylic acids is 1. The summed E-state index contributed by atoms with van der Waals surface area (Å²) in [5.74, 6) is 0.433. The Morgan fingerprint density at radius 3 is 2.61 bits per heavy atom. The van der Waals surface area contributed by atoms with E-state index in [9.17, 15) is 4.79 Å². The molecule has 2 aromatic rings. The van der Waals surface area contributed by atoms with Crippen molar-refractivity contribution in [2.75, 3.05) is 11.9 Å². The number of rotatable bonds is 5. The van der Waals surface area contributed by atoms with Crippen molar-refractivity contribution < 1.29 is 9.53 Å². The van der Waals surface area contributed by atoms with E-state index in [1.165, 1.54) is 6.20 Å². The van der Waals surface area contributed by atoms with Gasteiger partial charge < -0.3 is 10.1 Å². The molecular weight excluding hydrogens is 334 g/mol. The van der Waals surface area contributed by atoms with Gasteiger partial charge in [0.2, 0.25) is 0 Å². The Morgan fingerprint density at radius 1 is 1.26 bits per heavy atom. The molecule has 23 heavy (non-hydrogen) atoms. The maximum absolute atomic E-state index is 12.1. The number of amides is 1. The molecule has 0 bridgehead atoms. The van der Waals surface area contributed by atoms with Gasteiger partial charge in [-0.2, -0.15) is 0 Å². The number of anilines is 1. The second kappa shape index (κ2) is 8.45. The highest BCUT2D eigenvalue weighted by molar-refractivity contribution is 7.80. The van der Waals surface area contributed by atoms with Crippen LogP contribution in [0.1, 0.15) is 23.7 Å². The van der Waals surface area contributed by atoms with Crippen LogP contribution in [0, 0.1) is 0 Å². The first-order chi connectivity index (χ1) is 11.1. The molecule has 1 amide bonds. The minimum absolute atomic E-state index is 0.186. The van der Waals surface area contributed by atoms with E-state index < -0.39 is 0 Å². The highest BCUT2D eigenvalue weighted by Gasteiger charge is 2.08. The van der Waals surface area contributed by atoms with Crippen LogP contribution in [0.15, 0.2) is 42.6 Å². The highest BCUT2D eigenvalue weighted by Crippen LogP contribution is 2.13. The monoisotopic (exact) mass is 349 g/mol. The predicted octanol–water partition coefficient (Wildman–Crippen LogP) is 3.65. The molecule has 0 unspecified atom stereocenters. The van der Waals surface area contributed by atoms with Gasteiger partial charge in [0, 0.05) is 5.56 Å². The summed E-state index contributed by atoms with van der Waals surface area (Å²) in [6.45, 7) is 2.68. The molecule has 0 aliphatic carbocycles. The fraction of sp³-hybridized carbons (Fsp3) is 0.188. The number of halogens is 1. The standard InChI is InChI=1S/C16H16ClN3O2S/c1-2-9-22-13-6-3-11(4-7-13)15(21)20-16(23)19-12-5-8-14(17)18-10-12/h3-8,10H,2,9H2,1H3,(H2,19,20,21,23). The molecule has 0 atom stereocenters. The zero-order chi connectivity index (χ0) is 16.7. The average molecular weight is 350 g/mol. The summed E-state index contributed by atoms with van der Waals surface area (Å²) < 4.78 is 5.47. The average Bonchev–Trinajstić information content (AvgIpc) is 2.55. The van der Waals surface area contributed by atoms with Crippen molar-refractivity contribution >= 4 is 40.5 Å². The third-order valence-corrected chi connectivity index (χ3v) is 3.23. The number of hydrogen-bond donors (Lipinski definition) is 2. The lowest BCUT2D eigenvalue weighted by Crippen LogP contribution is -2.34. The molecule has 1 aromatic heterocycles. The van der Waals surface area contributed by atoms with Crippen LogP contribution in [-0.2, 0) is 0 Å². The van der Waals surface area contributed by atoms with Crippen molar-refractivity contribution in [2.24, 2.45) is 0 Å². The molecule has 0 saturated carbocycles. The van der Waals surface area contributed by atoms with Crippen molar-refractivity contribution in [3.05, 3.63) is 53.3 Å². The normalized spacial score (nSPS) is 10.0. The molecule has 0 aliphatic heterocycles. The molecule has 5 nitrogen and oxygen atoms in total. The molecule has 2 rings (SSSR count). The lowest BCUT2D eigenvalue weighted by atomic mass is 10.2. The summed E-state index contributed by atoms with van der Waals surface area (Å²) in [5, 5.41) is 6.04. The van der Waals surface area contributed by atoms with Gasteiger partial charge in [0.05, 0.1) is 18.5 Å². The number of aromatic nitrogens is 1. The first kappa shape index (κ1) is 17.2. The fourth-order valence-electron chi connectivity index (χ4n) is 1.71. The van der Waals surface area contributed by atoms with Crippen molar-refractivity contribution in [3.63, 3.8) is 0 Å². The van der Waals surface area contributed by atoms with E-state index >= 15 is 0 Å². The Kier molecular flexibility index (Phi) is 6.31. The van der Waals surface area contributed by atoms with Crippen LogP contribution in [0.25, 0.3) is 0 Å². The van der Waals surface area contributed by atoms with Crippen LogP contribution in [0.4, 0.5) is 5.69 Å². The zero-order valence-electron chi connectivity index (χ0n) is 12.5. The van der Waals surface area contributed by atoms with E-state index in [1.54, 1.807) is 36.4 Å². The molecule has 2 N–H and O–H groups in total. The summed E-state index contributed by atoms with van der Waals surface area (Å²) in [6.07, 6.45) is 2.46. The summed E-state index contributed by atoms with van der Waals surface area (Å²) in [5.41, 5.74) is 1.13. The van der Waals surface area contributed by atoms with Crippen LogP contribution < -0.4 is 15.4 Å². The van der Waals surface area contributed by atoms with Crippen LogP contribution >= 0.6 is 23.8 Å². The van der Waals surface area contributed by atoms with Gasteiger partial charge in [-0.1, -0.05) is 18.5 Å². The maximum Gasteiger partial charge on any atom is 0.257 e. The maximum atomic E-state index is 12.1. The largest absolute Gasteiger partial charge is 0.494 e. The molecule has 0 radical (unpaired) electrons. The quantitative estimate of drug-likeness (QED) is 0.637. The number of nitrogens with zero attached hydrogens (tertiary/aromatic N) is 1. The van der Waals surface area contributed by atoms with Crippen molar-refractivity contribution in [2.45, 2.75) is 13.3 Å². The van der Waals surface area contributed by atoms with Crippen LogP contribution in [0.5, 0.6) is 5.75 Å². The Hall–Kier alpha value is -2.18. The van der Waals surface area contributed by atoms with Crippen molar-refractivity contribution in [1.82, 2.24) is 10.3 Å². The first-order valence-corrected chi connectivity index (χ1v) is 7.84. The smallest absolute Gasteiger partial charge is 0.257 e. The summed E-state index contributed by atoms with van der Waals surface area (Å²) in [6, 6.07) is 10.2. The van der Waals surface area contributed by atoms with Crippen LogP contribution in [0.3, 0.4) is 0 Å². The number of pyridine rings is 1. The lowest BCUT2D eigenvalue weighted by molar-refractivity contribution is 0.0977. The van der Waals surface area contributed by atoms with Gasteiger partial charge in [0.1, 0.15) is 10.9 Å². The molecule has 0 spiro atoms. The minimum atomic E-state index is -0.300. The zero-order valence-corrected chi connectivity index (χ0v) is 14.1. The molecular formula is C16H16ClN3O2S. The van der Waals surface area contributed by atoms with E-state index in [0.29, 0.717) is 23.0 Å². The Bertz CT molecular complexity index is 675. The van der Waals surface area contributed by atoms with Crippen molar-refractivity contribution in [3.8, 4) is 5.75 Å². The molecule has 0 saturated heterocycles. The SMILES string of the molecule is CCCOc1ccc(C(=O)NC(=S)Nc2ccc(Cl)nc2)cc1. The van der Waals surface area contributed by atoms with E-state index in [2.05, 4.69) is 15.6 Å². The lowest BCUT2D eigenvalue weighted by Gasteiger charge is -2.10. The Labute approximate surface area is 145 Å². The van der Waals surface area contributed by atoms with Crippen LogP contribution in [0.2, 0.25) is 5.15 Å². The number of benzene rings is 1. The fourth-order valence-corrected chi connectivity index (χ4v) is 2.03. The molecule has 120 valence electrons. The third-order valence-electron chi connectivity index (χ3n) is 2.80. The summed E-state index contributed by atoms with van der Waals surface area (Å²) >= 11 is 10.8. The number of carbonyl (C=O) groups is 1. The number of thiocarbonyl (C=S) groups is 1. The summed E-state index contributed by atoms with van der Waals surface area (Å²) in [7, 11) is 0. The second-order valence-corrected chi connectivity index (χ2v) is 5.45. The van der Waals surface area contributed by atoms with Gasteiger partial charge in [-0.25, -0.2) is 4.98 Å². The third kappa shape index (κ3) is 5.50. The highest BCUT2D eigenvalue weighted by atomic mass is 35.5. The van der Waals surface area contributed by atoms with Gasteiger partial charge in [-0.3, -0.25) is 10.1 Å². The van der Waals surface area contributed by atoms with Crippen molar-refractivity contribution in [1.29, 1.82) is 0 Å². The molecule has 0 fully saturated rings. The summed E-state index contributed by atoms with van der Waals surface area (Å²) in [4.78, 5) is 16.0. The number of ether oxygens (including phenoxy) is 1. The van der Waals surface area contributed by atoms with Gasteiger partial charge in [0.15, 0.2) is 5.11 Å². The van der Waals surface area contributed by atoms with E-state index in [-0.39, 0.29) is 11.0 Å². The van der Waals surface area contributed by atoms with E-state index in [4.69, 9.17) is 28.6 Å². The molecule has 0 aliphatic rings. The number of nitrogens with one attached hydrogen (secondary N) is 2. The Balaban J connectivity index is 1.90. The minimum Gasteiger partial charge on any atom is -0.494 e. The predicted molar refractivity (Wildman–Crippen MR) is 95.2 cm³/mol. The van der Waals surface area contributed by atoms with Gasteiger partial charge >= 0.3 is 0 Å². The van der Waals surface area contributed by atoms with E-state index in [0.717, 1.165) is 12.2 Å². The molecule has 7 heteroatoms. The number of hydrogen-bond acceptors (Lipinski definition) is 4. The van der Waals surface area contributed by atoms with Gasteiger partial charge in [-0.15, -0.1) is 0 Å². The molecule has 1 aromatic carbocycles. The van der Waals surface area contributed by atoms with Gasteiger partial charge in [-0.05, 0) is 55.0 Å². The topological polar surface area (TPSA) is 63.2 Å². The first-order valence-electron chi connectivity index (χ1n) is 7.05. The van der Waals surface area contributed by atoms with Gasteiger partial charge in [0.25, 0.3) is 5.91 Å². The Morgan fingerprint density at radius 2 is 2.00 bits per heavy atom. The molecule has 1 heterocycles. The second-order valence-electron chi connectivity index (χ2n) is 4.65. The van der Waals surface area contributed by atoms with E-state index in [1.807, 2.05) is 6.92 Å². The van der Waals surface area contributed by atoms with Crippen LogP contribution in [-0.4, -0.2) is 22.6 Å².